The average Bonchev–Trinajstić information content (AvgIpc) is 2.46. The van der Waals surface area contributed by atoms with Crippen molar-refractivity contribution in [2.45, 2.75) is 26.3 Å². The Bertz CT molecular complexity index is 533. The van der Waals surface area contributed by atoms with Crippen LogP contribution in [0.5, 0.6) is 5.75 Å². The standard InChI is InChI=1S/C17H21NO/c1-4-14-9-11-15(12-10-14)18(3)13(2)16-7-5-6-8-17(16)19/h5-13,19H,4H2,1-3H3. The molecule has 0 saturated carbocycles. The SMILES string of the molecule is CCc1ccc(N(C)C(C)c2ccccc2O)cc1. The van der Waals surface area contributed by atoms with E-state index in [2.05, 4.69) is 50.1 Å². The Kier molecular flexibility index (Phi) is 4.10. The molecule has 2 heteroatoms. The number of aryl methyl sites for hydroxylation is 1. The molecule has 1 unspecified atom stereocenters. The summed E-state index contributed by atoms with van der Waals surface area (Å²) in [6.07, 6.45) is 1.05. The highest BCUT2D eigenvalue weighted by Crippen LogP contribution is 2.30. The molecule has 0 aliphatic rings. The zero-order valence-electron chi connectivity index (χ0n) is 11.8. The molecule has 0 fully saturated rings. The fourth-order valence-corrected chi connectivity index (χ4v) is 2.24. The van der Waals surface area contributed by atoms with Crippen LogP contribution in [-0.2, 0) is 6.42 Å². The minimum absolute atomic E-state index is 0.133. The molecule has 0 aliphatic heterocycles. The van der Waals surface area contributed by atoms with Gasteiger partial charge in [-0.25, -0.2) is 0 Å². The Balaban J connectivity index is 2.23. The fourth-order valence-electron chi connectivity index (χ4n) is 2.24. The van der Waals surface area contributed by atoms with Crippen LogP contribution in [0.15, 0.2) is 48.5 Å². The maximum Gasteiger partial charge on any atom is 0.120 e. The van der Waals surface area contributed by atoms with Gasteiger partial charge < -0.3 is 10.0 Å². The van der Waals surface area contributed by atoms with Crippen molar-refractivity contribution in [2.24, 2.45) is 0 Å². The normalized spacial score (nSPS) is 12.2. The number of hydrogen-bond acceptors (Lipinski definition) is 2. The third-order valence-corrected chi connectivity index (χ3v) is 3.72. The summed E-state index contributed by atoms with van der Waals surface area (Å²) in [6.45, 7) is 4.26. The van der Waals surface area contributed by atoms with Crippen LogP contribution in [0.3, 0.4) is 0 Å². The van der Waals surface area contributed by atoms with Crippen molar-refractivity contribution >= 4 is 5.69 Å². The van der Waals surface area contributed by atoms with Gasteiger partial charge >= 0.3 is 0 Å². The molecule has 100 valence electrons. The van der Waals surface area contributed by atoms with Crippen LogP contribution < -0.4 is 4.90 Å². The highest BCUT2D eigenvalue weighted by Gasteiger charge is 2.15. The van der Waals surface area contributed by atoms with Crippen LogP contribution in [0.1, 0.15) is 31.0 Å². The molecule has 0 spiro atoms. The average molecular weight is 255 g/mol. The van der Waals surface area contributed by atoms with Gasteiger partial charge in [-0.3, -0.25) is 0 Å². The van der Waals surface area contributed by atoms with Gasteiger partial charge in [0.1, 0.15) is 5.75 Å². The van der Waals surface area contributed by atoms with E-state index in [0.717, 1.165) is 17.7 Å². The molecule has 0 saturated heterocycles. The van der Waals surface area contributed by atoms with E-state index in [1.165, 1.54) is 5.56 Å². The smallest absolute Gasteiger partial charge is 0.120 e. The fraction of sp³-hybridized carbons (Fsp3) is 0.294. The van der Waals surface area contributed by atoms with Gasteiger partial charge in [-0.05, 0) is 37.1 Å². The molecule has 0 aromatic heterocycles. The molecule has 1 N–H and O–H groups in total. The number of phenolic OH excluding ortho intramolecular Hbond substituents is 1. The molecule has 0 bridgehead atoms. The first-order valence-electron chi connectivity index (χ1n) is 6.73. The van der Waals surface area contributed by atoms with Crippen LogP contribution in [0, 0.1) is 0 Å². The second kappa shape index (κ2) is 5.79. The molecule has 0 aliphatic carbocycles. The van der Waals surface area contributed by atoms with Crippen LogP contribution in [0.2, 0.25) is 0 Å². The van der Waals surface area contributed by atoms with Crippen LogP contribution in [0.4, 0.5) is 5.69 Å². The number of para-hydroxylation sites is 1. The summed E-state index contributed by atoms with van der Waals surface area (Å²) in [5.74, 6) is 0.354. The second-order valence-electron chi connectivity index (χ2n) is 4.87. The van der Waals surface area contributed by atoms with Gasteiger partial charge in [0.15, 0.2) is 0 Å². The number of phenols is 1. The Labute approximate surface area is 115 Å². The van der Waals surface area contributed by atoms with Crippen LogP contribution in [0.25, 0.3) is 0 Å². The predicted molar refractivity (Wildman–Crippen MR) is 80.7 cm³/mol. The van der Waals surface area contributed by atoms with Crippen molar-refractivity contribution in [3.05, 3.63) is 59.7 Å². The Morgan fingerprint density at radius 1 is 1.05 bits per heavy atom. The van der Waals surface area contributed by atoms with Crippen LogP contribution >= 0.6 is 0 Å². The zero-order chi connectivity index (χ0) is 13.8. The molecular weight excluding hydrogens is 234 g/mol. The summed E-state index contributed by atoms with van der Waals surface area (Å²) in [4.78, 5) is 2.18. The van der Waals surface area contributed by atoms with Crippen molar-refractivity contribution in [1.82, 2.24) is 0 Å². The van der Waals surface area contributed by atoms with Gasteiger partial charge in [-0.1, -0.05) is 37.3 Å². The Morgan fingerprint density at radius 3 is 2.26 bits per heavy atom. The summed E-state index contributed by atoms with van der Waals surface area (Å²) in [5.41, 5.74) is 3.45. The Morgan fingerprint density at radius 2 is 1.68 bits per heavy atom. The number of anilines is 1. The van der Waals surface area contributed by atoms with Gasteiger partial charge in [0.05, 0.1) is 6.04 Å². The molecule has 19 heavy (non-hydrogen) atoms. The number of nitrogens with zero attached hydrogens (tertiary/aromatic N) is 1. The molecule has 2 rings (SSSR count). The largest absolute Gasteiger partial charge is 0.508 e. The summed E-state index contributed by atoms with van der Waals surface area (Å²) in [6, 6.07) is 16.2. The minimum Gasteiger partial charge on any atom is -0.508 e. The lowest BCUT2D eigenvalue weighted by molar-refractivity contribution is 0.462. The van der Waals surface area contributed by atoms with Crippen molar-refractivity contribution in [3.63, 3.8) is 0 Å². The maximum absolute atomic E-state index is 9.93. The summed E-state index contributed by atoms with van der Waals surface area (Å²) >= 11 is 0. The van der Waals surface area contributed by atoms with Gasteiger partial charge in [0.25, 0.3) is 0 Å². The molecule has 2 nitrogen and oxygen atoms in total. The topological polar surface area (TPSA) is 23.5 Å². The molecule has 2 aromatic rings. The summed E-state index contributed by atoms with van der Waals surface area (Å²) in [7, 11) is 2.05. The molecule has 0 radical (unpaired) electrons. The Hall–Kier alpha value is -1.96. The first-order chi connectivity index (χ1) is 9.13. The van der Waals surface area contributed by atoms with Gasteiger partial charge in [0.2, 0.25) is 0 Å². The predicted octanol–water partition coefficient (Wildman–Crippen LogP) is 4.15. The minimum atomic E-state index is 0.133. The quantitative estimate of drug-likeness (QED) is 0.887. The number of hydrogen-bond donors (Lipinski definition) is 1. The van der Waals surface area contributed by atoms with Gasteiger partial charge in [-0.2, -0.15) is 0 Å². The van der Waals surface area contributed by atoms with Gasteiger partial charge in [0, 0.05) is 18.3 Å². The second-order valence-corrected chi connectivity index (χ2v) is 4.87. The highest BCUT2D eigenvalue weighted by molar-refractivity contribution is 5.50. The van der Waals surface area contributed by atoms with Crippen molar-refractivity contribution in [2.75, 3.05) is 11.9 Å². The van der Waals surface area contributed by atoms with E-state index in [9.17, 15) is 5.11 Å². The molecule has 1 atom stereocenters. The lowest BCUT2D eigenvalue weighted by Crippen LogP contribution is -2.21. The highest BCUT2D eigenvalue weighted by atomic mass is 16.3. The van der Waals surface area contributed by atoms with Crippen molar-refractivity contribution < 1.29 is 5.11 Å². The van der Waals surface area contributed by atoms with Crippen molar-refractivity contribution in [1.29, 1.82) is 0 Å². The maximum atomic E-state index is 9.93. The summed E-state index contributed by atoms with van der Waals surface area (Å²) in [5, 5.41) is 9.93. The lowest BCUT2D eigenvalue weighted by Gasteiger charge is -2.28. The van der Waals surface area contributed by atoms with E-state index in [0.29, 0.717) is 5.75 Å². The first-order valence-corrected chi connectivity index (χ1v) is 6.73. The monoisotopic (exact) mass is 255 g/mol. The van der Waals surface area contributed by atoms with E-state index in [4.69, 9.17) is 0 Å². The zero-order valence-corrected chi connectivity index (χ0v) is 11.8. The van der Waals surface area contributed by atoms with Crippen molar-refractivity contribution in [3.8, 4) is 5.75 Å². The number of aromatic hydroxyl groups is 1. The van der Waals surface area contributed by atoms with E-state index in [-0.39, 0.29) is 6.04 Å². The first kappa shape index (κ1) is 13.5. The van der Waals surface area contributed by atoms with Gasteiger partial charge in [-0.15, -0.1) is 0 Å². The van der Waals surface area contributed by atoms with E-state index >= 15 is 0 Å². The molecule has 0 amide bonds. The lowest BCUT2D eigenvalue weighted by atomic mass is 10.0. The van der Waals surface area contributed by atoms with E-state index in [1.54, 1.807) is 6.07 Å². The summed E-state index contributed by atoms with van der Waals surface area (Å²) < 4.78 is 0. The number of benzene rings is 2. The molecule has 0 heterocycles. The molecular formula is C17H21NO. The third kappa shape index (κ3) is 2.90. The molecule has 2 aromatic carbocycles. The van der Waals surface area contributed by atoms with E-state index < -0.39 is 0 Å². The number of rotatable bonds is 4. The third-order valence-electron chi connectivity index (χ3n) is 3.72. The van der Waals surface area contributed by atoms with E-state index in [1.807, 2.05) is 18.2 Å². The van der Waals surface area contributed by atoms with Crippen LogP contribution in [-0.4, -0.2) is 12.2 Å².